The van der Waals surface area contributed by atoms with Gasteiger partial charge in [-0.2, -0.15) is 0 Å². The molecule has 0 radical (unpaired) electrons. The number of pyridine rings is 1. The van der Waals surface area contributed by atoms with Gasteiger partial charge in [0, 0.05) is 19.9 Å². The summed E-state index contributed by atoms with van der Waals surface area (Å²) in [5.41, 5.74) is 1.43. The van der Waals surface area contributed by atoms with Crippen molar-refractivity contribution in [1.29, 1.82) is 0 Å². The molecule has 0 bridgehead atoms. The number of nitrogens with zero attached hydrogens (tertiary/aromatic N) is 2. The molecule has 1 aromatic carbocycles. The van der Waals surface area contributed by atoms with Gasteiger partial charge < -0.3 is 9.64 Å². The number of carbonyl (C=O) groups is 2. The molecule has 2 heterocycles. The van der Waals surface area contributed by atoms with E-state index in [2.05, 4.69) is 4.98 Å². The van der Waals surface area contributed by atoms with E-state index in [9.17, 15) is 9.59 Å². The zero-order valence-electron chi connectivity index (χ0n) is 13.4. The molecule has 0 spiro atoms. The summed E-state index contributed by atoms with van der Waals surface area (Å²) in [4.78, 5) is 31.8. The minimum absolute atomic E-state index is 0.00637. The molecule has 1 fully saturated rings. The highest BCUT2D eigenvalue weighted by atomic mass is 16.5. The van der Waals surface area contributed by atoms with Crippen LogP contribution >= 0.6 is 0 Å². The third-order valence-electron chi connectivity index (χ3n) is 5.06. The standard InChI is InChI=1S/C19H18N2O3/c1-24-12-16(22)21-11-14-10-19(14,13-6-3-2-4-7-13)18(23)17-15(21)8-5-9-20-17/h2-9,14H,10-12H2,1H3/t14-,19+/m0/s1. The second-order valence-corrected chi connectivity index (χ2v) is 6.38. The van der Waals surface area contributed by atoms with Crippen molar-refractivity contribution < 1.29 is 14.3 Å². The van der Waals surface area contributed by atoms with Gasteiger partial charge in [-0.15, -0.1) is 0 Å². The lowest BCUT2D eigenvalue weighted by Gasteiger charge is -2.22. The van der Waals surface area contributed by atoms with Gasteiger partial charge >= 0.3 is 0 Å². The maximum absolute atomic E-state index is 13.3. The van der Waals surface area contributed by atoms with E-state index in [0.717, 1.165) is 12.0 Å². The van der Waals surface area contributed by atoms with Crippen molar-refractivity contribution in [2.24, 2.45) is 5.92 Å². The van der Waals surface area contributed by atoms with Crippen LogP contribution in [0.1, 0.15) is 22.5 Å². The van der Waals surface area contributed by atoms with Crippen LogP contribution in [0.2, 0.25) is 0 Å². The van der Waals surface area contributed by atoms with Crippen LogP contribution in [-0.4, -0.2) is 36.9 Å². The van der Waals surface area contributed by atoms with Gasteiger partial charge in [-0.1, -0.05) is 30.3 Å². The summed E-state index contributed by atoms with van der Waals surface area (Å²) < 4.78 is 5.00. The summed E-state index contributed by atoms with van der Waals surface area (Å²) in [6.07, 6.45) is 2.36. The average Bonchev–Trinajstić information content (AvgIpc) is 3.36. The minimum atomic E-state index is -0.549. The van der Waals surface area contributed by atoms with E-state index in [4.69, 9.17) is 4.74 Å². The lowest BCUT2D eigenvalue weighted by Crippen LogP contribution is -2.36. The van der Waals surface area contributed by atoms with E-state index in [-0.39, 0.29) is 24.2 Å². The largest absolute Gasteiger partial charge is 0.375 e. The molecule has 0 saturated heterocycles. The summed E-state index contributed by atoms with van der Waals surface area (Å²) in [5.74, 6) is -0.0141. The first-order chi connectivity index (χ1) is 11.7. The van der Waals surface area contributed by atoms with Gasteiger partial charge in [0.25, 0.3) is 5.91 Å². The number of anilines is 1. The predicted octanol–water partition coefficient (Wildman–Crippen LogP) is 2.22. The van der Waals surface area contributed by atoms with Crippen LogP contribution in [-0.2, 0) is 14.9 Å². The van der Waals surface area contributed by atoms with Crippen LogP contribution in [0.25, 0.3) is 0 Å². The van der Waals surface area contributed by atoms with E-state index in [1.807, 2.05) is 30.3 Å². The van der Waals surface area contributed by atoms with Gasteiger partial charge in [0.15, 0.2) is 5.78 Å². The molecule has 4 rings (SSSR count). The van der Waals surface area contributed by atoms with E-state index in [1.165, 1.54) is 7.11 Å². The van der Waals surface area contributed by atoms with Gasteiger partial charge in [-0.3, -0.25) is 14.6 Å². The number of ether oxygens (including phenoxy) is 1. The average molecular weight is 322 g/mol. The Hall–Kier alpha value is -2.53. The summed E-state index contributed by atoms with van der Waals surface area (Å²) in [6.45, 7) is 0.509. The molecule has 2 aromatic rings. The van der Waals surface area contributed by atoms with Crippen LogP contribution in [0, 0.1) is 5.92 Å². The number of hydrogen-bond donors (Lipinski definition) is 0. The quantitative estimate of drug-likeness (QED) is 0.869. The Morgan fingerprint density at radius 2 is 2.08 bits per heavy atom. The lowest BCUT2D eigenvalue weighted by molar-refractivity contribution is -0.122. The molecule has 2 atom stereocenters. The molecule has 5 nitrogen and oxygen atoms in total. The van der Waals surface area contributed by atoms with Crippen LogP contribution in [0.5, 0.6) is 0 Å². The predicted molar refractivity (Wildman–Crippen MR) is 89.0 cm³/mol. The number of Topliss-reactive ketones (excluding diaryl/α,β-unsaturated/α-hetero) is 1. The normalized spacial score (nSPS) is 24.8. The molecule has 1 aliphatic carbocycles. The summed E-state index contributed by atoms with van der Waals surface area (Å²) in [7, 11) is 1.50. The van der Waals surface area contributed by atoms with Gasteiger partial charge in [-0.05, 0) is 30.0 Å². The van der Waals surface area contributed by atoms with Crippen LogP contribution < -0.4 is 4.90 Å². The van der Waals surface area contributed by atoms with Crippen molar-refractivity contribution in [1.82, 2.24) is 4.98 Å². The molecule has 1 aromatic heterocycles. The smallest absolute Gasteiger partial charge is 0.253 e. The first-order valence-corrected chi connectivity index (χ1v) is 8.03. The highest BCUT2D eigenvalue weighted by Crippen LogP contribution is 2.58. The van der Waals surface area contributed by atoms with Gasteiger partial charge in [0.05, 0.1) is 11.1 Å². The minimum Gasteiger partial charge on any atom is -0.375 e. The number of aromatic nitrogens is 1. The van der Waals surface area contributed by atoms with E-state index in [0.29, 0.717) is 17.9 Å². The fourth-order valence-corrected chi connectivity index (χ4v) is 3.81. The Morgan fingerprint density at radius 1 is 1.29 bits per heavy atom. The first kappa shape index (κ1) is 15.0. The molecule has 0 N–H and O–H groups in total. The zero-order chi connectivity index (χ0) is 16.7. The number of carbonyl (C=O) groups excluding carboxylic acids is 2. The molecular formula is C19H18N2O3. The zero-order valence-corrected chi connectivity index (χ0v) is 13.4. The van der Waals surface area contributed by atoms with Crippen molar-refractivity contribution in [3.05, 3.63) is 59.9 Å². The third-order valence-corrected chi connectivity index (χ3v) is 5.06. The number of amides is 1. The van der Waals surface area contributed by atoms with E-state index in [1.54, 1.807) is 23.2 Å². The summed E-state index contributed by atoms with van der Waals surface area (Å²) in [6, 6.07) is 13.4. The number of hydrogen-bond acceptors (Lipinski definition) is 4. The summed E-state index contributed by atoms with van der Waals surface area (Å²) in [5, 5.41) is 0. The van der Waals surface area contributed by atoms with E-state index >= 15 is 0 Å². The molecule has 1 aliphatic heterocycles. The maximum atomic E-state index is 13.3. The van der Waals surface area contributed by atoms with E-state index < -0.39 is 5.41 Å². The Balaban J connectivity index is 1.82. The third kappa shape index (κ3) is 2.08. The lowest BCUT2D eigenvalue weighted by atomic mass is 9.87. The Morgan fingerprint density at radius 3 is 2.83 bits per heavy atom. The fraction of sp³-hybridized carbons (Fsp3) is 0.316. The number of ketones is 1. The Bertz CT molecular complexity index is 805. The van der Waals surface area contributed by atoms with Gasteiger partial charge in [0.2, 0.25) is 0 Å². The van der Waals surface area contributed by atoms with Crippen molar-refractivity contribution >= 4 is 17.4 Å². The molecule has 0 unspecified atom stereocenters. The number of fused-ring (bicyclic) bond motifs is 2. The molecular weight excluding hydrogens is 304 g/mol. The maximum Gasteiger partial charge on any atom is 0.253 e. The van der Waals surface area contributed by atoms with Crippen molar-refractivity contribution in [3.63, 3.8) is 0 Å². The second kappa shape index (κ2) is 5.53. The topological polar surface area (TPSA) is 59.5 Å². The highest BCUT2D eigenvalue weighted by molar-refractivity contribution is 6.12. The number of benzene rings is 1. The molecule has 1 saturated carbocycles. The van der Waals surface area contributed by atoms with Gasteiger partial charge in [0.1, 0.15) is 12.3 Å². The Kier molecular flexibility index (Phi) is 3.46. The molecule has 2 aliphatic rings. The molecule has 122 valence electrons. The second-order valence-electron chi connectivity index (χ2n) is 6.38. The fourth-order valence-electron chi connectivity index (χ4n) is 3.81. The summed E-state index contributed by atoms with van der Waals surface area (Å²) >= 11 is 0. The van der Waals surface area contributed by atoms with Crippen LogP contribution in [0.15, 0.2) is 48.7 Å². The number of methoxy groups -OCH3 is 1. The van der Waals surface area contributed by atoms with Crippen molar-refractivity contribution in [2.45, 2.75) is 11.8 Å². The molecule has 1 amide bonds. The monoisotopic (exact) mass is 322 g/mol. The Labute approximate surface area is 140 Å². The van der Waals surface area contributed by atoms with Gasteiger partial charge in [-0.25, -0.2) is 0 Å². The number of rotatable bonds is 3. The van der Waals surface area contributed by atoms with Crippen molar-refractivity contribution in [2.75, 3.05) is 25.2 Å². The highest BCUT2D eigenvalue weighted by Gasteiger charge is 2.63. The van der Waals surface area contributed by atoms with Crippen LogP contribution in [0.3, 0.4) is 0 Å². The van der Waals surface area contributed by atoms with Crippen LogP contribution in [0.4, 0.5) is 5.69 Å². The SMILES string of the molecule is COCC(=O)N1C[C@@H]2C[C@]2(c2ccccc2)C(=O)c2ncccc21. The first-order valence-electron chi connectivity index (χ1n) is 8.03. The molecule has 5 heteroatoms. The molecule has 24 heavy (non-hydrogen) atoms. The van der Waals surface area contributed by atoms with Crippen molar-refractivity contribution in [3.8, 4) is 0 Å².